The van der Waals surface area contributed by atoms with Crippen molar-refractivity contribution in [1.29, 1.82) is 5.26 Å². The van der Waals surface area contributed by atoms with Gasteiger partial charge in [-0.1, -0.05) is 6.92 Å². The van der Waals surface area contributed by atoms with Gasteiger partial charge in [-0.25, -0.2) is 0 Å². The van der Waals surface area contributed by atoms with Crippen LogP contribution in [0.1, 0.15) is 26.7 Å². The van der Waals surface area contributed by atoms with Gasteiger partial charge in [0.1, 0.15) is 0 Å². The first-order chi connectivity index (χ1) is 7.13. The molecule has 0 aromatic carbocycles. The van der Waals surface area contributed by atoms with Gasteiger partial charge in [-0.05, 0) is 26.4 Å². The van der Waals surface area contributed by atoms with Crippen LogP contribution in [0.3, 0.4) is 0 Å². The lowest BCUT2D eigenvalue weighted by molar-refractivity contribution is -0.120. The minimum Gasteiger partial charge on any atom is -0.359 e. The van der Waals surface area contributed by atoms with E-state index in [-0.39, 0.29) is 11.8 Å². The molecular formula is C11H21N3O. The zero-order chi connectivity index (χ0) is 11.7. The number of nitriles is 1. The highest BCUT2D eigenvalue weighted by Gasteiger charge is 2.08. The first kappa shape index (κ1) is 13.9. The Balaban J connectivity index is 3.71. The van der Waals surface area contributed by atoms with Crippen molar-refractivity contribution in [3.05, 3.63) is 0 Å². The number of nitrogens with zero attached hydrogens (tertiary/aromatic N) is 2. The molecule has 0 heterocycles. The van der Waals surface area contributed by atoms with E-state index in [0.717, 1.165) is 26.1 Å². The Morgan fingerprint density at radius 3 is 2.73 bits per heavy atom. The summed E-state index contributed by atoms with van der Waals surface area (Å²) in [6, 6.07) is 2.22. The molecule has 86 valence electrons. The van der Waals surface area contributed by atoms with Crippen LogP contribution in [-0.2, 0) is 4.79 Å². The van der Waals surface area contributed by atoms with Crippen LogP contribution in [0.15, 0.2) is 0 Å². The van der Waals surface area contributed by atoms with Crippen molar-refractivity contribution in [1.82, 2.24) is 10.2 Å². The Hall–Kier alpha value is -1.08. The molecule has 0 aliphatic rings. The smallest absolute Gasteiger partial charge is 0.219 e. The maximum atomic E-state index is 11.0. The molecule has 1 N–H and O–H groups in total. The Morgan fingerprint density at radius 1 is 1.60 bits per heavy atom. The number of hydrogen-bond acceptors (Lipinski definition) is 3. The lowest BCUT2D eigenvalue weighted by Crippen LogP contribution is -2.30. The molecule has 0 aliphatic heterocycles. The van der Waals surface area contributed by atoms with Gasteiger partial charge >= 0.3 is 0 Å². The van der Waals surface area contributed by atoms with Gasteiger partial charge < -0.3 is 10.2 Å². The minimum absolute atomic E-state index is 0.0601. The van der Waals surface area contributed by atoms with E-state index in [0.29, 0.717) is 6.42 Å². The normalized spacial score (nSPS) is 12.2. The molecule has 0 saturated heterocycles. The van der Waals surface area contributed by atoms with Gasteiger partial charge in [0.15, 0.2) is 0 Å². The fraction of sp³-hybridized carbons (Fsp3) is 0.818. The summed E-state index contributed by atoms with van der Waals surface area (Å²) >= 11 is 0. The van der Waals surface area contributed by atoms with E-state index in [2.05, 4.69) is 23.2 Å². The Morgan fingerprint density at radius 2 is 2.27 bits per heavy atom. The number of carbonyl (C=O) groups excluding carboxylic acids is 1. The number of nitrogens with one attached hydrogen (secondary N) is 1. The molecule has 15 heavy (non-hydrogen) atoms. The summed E-state index contributed by atoms with van der Waals surface area (Å²) in [6.07, 6.45) is 1.42. The van der Waals surface area contributed by atoms with Gasteiger partial charge in [0.05, 0.1) is 12.0 Å². The Labute approximate surface area is 92.3 Å². The monoisotopic (exact) mass is 211 g/mol. The molecule has 0 aromatic rings. The summed E-state index contributed by atoms with van der Waals surface area (Å²) in [4.78, 5) is 13.2. The van der Waals surface area contributed by atoms with E-state index in [9.17, 15) is 4.79 Å². The molecule has 0 saturated carbocycles. The van der Waals surface area contributed by atoms with Crippen LogP contribution < -0.4 is 5.32 Å². The molecule has 1 unspecified atom stereocenters. The maximum Gasteiger partial charge on any atom is 0.219 e. The van der Waals surface area contributed by atoms with Crippen LogP contribution in [0.25, 0.3) is 0 Å². The van der Waals surface area contributed by atoms with E-state index in [4.69, 9.17) is 5.26 Å². The van der Waals surface area contributed by atoms with Crippen molar-refractivity contribution in [2.45, 2.75) is 26.7 Å². The number of carbonyl (C=O) groups is 1. The zero-order valence-electron chi connectivity index (χ0n) is 9.92. The molecule has 0 aromatic heterocycles. The number of amides is 1. The third-order valence-electron chi connectivity index (χ3n) is 2.36. The van der Waals surface area contributed by atoms with Gasteiger partial charge in [-0.15, -0.1) is 0 Å². The summed E-state index contributed by atoms with van der Waals surface area (Å²) in [6.45, 7) is 6.60. The second-order valence-corrected chi connectivity index (χ2v) is 3.70. The molecule has 0 spiro atoms. The summed E-state index contributed by atoms with van der Waals surface area (Å²) in [5.41, 5.74) is 0. The Kier molecular flexibility index (Phi) is 7.65. The highest BCUT2D eigenvalue weighted by atomic mass is 16.1. The molecule has 0 aliphatic carbocycles. The third kappa shape index (κ3) is 6.92. The molecule has 0 radical (unpaired) electrons. The fourth-order valence-electron chi connectivity index (χ4n) is 1.39. The van der Waals surface area contributed by atoms with Crippen molar-refractivity contribution < 1.29 is 4.79 Å². The largest absolute Gasteiger partial charge is 0.359 e. The van der Waals surface area contributed by atoms with E-state index in [1.807, 2.05) is 6.92 Å². The molecule has 4 heteroatoms. The van der Waals surface area contributed by atoms with E-state index in [1.165, 1.54) is 0 Å². The van der Waals surface area contributed by atoms with Crippen molar-refractivity contribution in [2.24, 2.45) is 5.92 Å². The van der Waals surface area contributed by atoms with Gasteiger partial charge in [0.2, 0.25) is 5.91 Å². The lowest BCUT2D eigenvalue weighted by Gasteiger charge is -2.20. The average molecular weight is 211 g/mol. The van der Waals surface area contributed by atoms with Crippen molar-refractivity contribution >= 4 is 5.91 Å². The maximum absolute atomic E-state index is 11.0. The van der Waals surface area contributed by atoms with Gasteiger partial charge in [0.25, 0.3) is 0 Å². The second kappa shape index (κ2) is 8.25. The minimum atomic E-state index is 0.0601. The highest BCUT2D eigenvalue weighted by Crippen LogP contribution is 2.01. The number of rotatable bonds is 7. The third-order valence-corrected chi connectivity index (χ3v) is 2.36. The second-order valence-electron chi connectivity index (χ2n) is 3.70. The SMILES string of the molecule is CCN(CCCC(=O)NC)CC(C)C#N. The standard InChI is InChI=1S/C11H21N3O/c1-4-14(9-10(2)8-12)7-5-6-11(15)13-3/h10H,4-7,9H2,1-3H3,(H,13,15). The first-order valence-electron chi connectivity index (χ1n) is 5.46. The van der Waals surface area contributed by atoms with Crippen LogP contribution in [0, 0.1) is 17.2 Å². The summed E-state index contributed by atoms with van der Waals surface area (Å²) in [7, 11) is 1.65. The van der Waals surface area contributed by atoms with Crippen molar-refractivity contribution in [2.75, 3.05) is 26.7 Å². The van der Waals surface area contributed by atoms with Crippen LogP contribution in [0.2, 0.25) is 0 Å². The van der Waals surface area contributed by atoms with Gasteiger partial charge in [0, 0.05) is 20.0 Å². The predicted molar refractivity (Wildman–Crippen MR) is 60.2 cm³/mol. The predicted octanol–water partition coefficient (Wildman–Crippen LogP) is 0.994. The van der Waals surface area contributed by atoms with Crippen molar-refractivity contribution in [3.8, 4) is 6.07 Å². The fourth-order valence-corrected chi connectivity index (χ4v) is 1.39. The molecule has 1 amide bonds. The summed E-state index contributed by atoms with van der Waals surface area (Å²) in [5, 5.41) is 11.3. The molecule has 4 nitrogen and oxygen atoms in total. The average Bonchev–Trinajstić information content (AvgIpc) is 2.26. The van der Waals surface area contributed by atoms with Crippen LogP contribution >= 0.6 is 0 Å². The molecule has 0 bridgehead atoms. The Bertz CT molecular complexity index is 222. The van der Waals surface area contributed by atoms with Crippen LogP contribution in [-0.4, -0.2) is 37.5 Å². The topological polar surface area (TPSA) is 56.1 Å². The first-order valence-corrected chi connectivity index (χ1v) is 5.46. The lowest BCUT2D eigenvalue weighted by atomic mass is 10.2. The summed E-state index contributed by atoms with van der Waals surface area (Å²) < 4.78 is 0. The van der Waals surface area contributed by atoms with E-state index in [1.54, 1.807) is 7.05 Å². The van der Waals surface area contributed by atoms with Gasteiger partial charge in [-0.3, -0.25) is 4.79 Å². The molecule has 0 fully saturated rings. The zero-order valence-corrected chi connectivity index (χ0v) is 9.92. The summed E-state index contributed by atoms with van der Waals surface area (Å²) in [5.74, 6) is 0.143. The van der Waals surface area contributed by atoms with Crippen LogP contribution in [0.5, 0.6) is 0 Å². The van der Waals surface area contributed by atoms with E-state index >= 15 is 0 Å². The van der Waals surface area contributed by atoms with Crippen LogP contribution in [0.4, 0.5) is 0 Å². The van der Waals surface area contributed by atoms with Crippen molar-refractivity contribution in [3.63, 3.8) is 0 Å². The molecular weight excluding hydrogens is 190 g/mol. The van der Waals surface area contributed by atoms with Gasteiger partial charge in [-0.2, -0.15) is 5.26 Å². The highest BCUT2D eigenvalue weighted by molar-refractivity contribution is 5.75. The molecule has 1 atom stereocenters. The quantitative estimate of drug-likeness (QED) is 0.683. The van der Waals surface area contributed by atoms with E-state index < -0.39 is 0 Å². The number of hydrogen-bond donors (Lipinski definition) is 1. The molecule has 0 rings (SSSR count).